The van der Waals surface area contributed by atoms with Crippen molar-refractivity contribution in [1.82, 2.24) is 5.32 Å². The van der Waals surface area contributed by atoms with Gasteiger partial charge in [0.05, 0.1) is 20.6 Å². The molecule has 0 saturated carbocycles. The van der Waals surface area contributed by atoms with E-state index in [0.717, 1.165) is 35.0 Å². The molecule has 2 N–H and O–H groups in total. The first-order valence-corrected chi connectivity index (χ1v) is 13.7. The molecule has 0 fully saturated rings. The molecule has 1 aliphatic carbocycles. The van der Waals surface area contributed by atoms with Crippen LogP contribution in [-0.2, 0) is 25.1 Å². The van der Waals surface area contributed by atoms with Crippen molar-refractivity contribution in [2.24, 2.45) is 0 Å². The zero-order chi connectivity index (χ0) is 28.9. The van der Waals surface area contributed by atoms with E-state index in [4.69, 9.17) is 14.4 Å². The fourth-order valence-corrected chi connectivity index (χ4v) is 4.58. The Balaban J connectivity index is 1.67. The van der Waals surface area contributed by atoms with Crippen LogP contribution in [-0.4, -0.2) is 32.1 Å². The summed E-state index contributed by atoms with van der Waals surface area (Å²) in [6.07, 6.45) is 1.92. The second-order valence-corrected chi connectivity index (χ2v) is 10.3. The van der Waals surface area contributed by atoms with Gasteiger partial charge < -0.3 is 24.6 Å². The molecule has 1 amide bonds. The van der Waals surface area contributed by atoms with E-state index < -0.39 is 13.6 Å². The maximum absolute atomic E-state index is 14.3. The van der Waals surface area contributed by atoms with E-state index in [0.29, 0.717) is 17.7 Å². The van der Waals surface area contributed by atoms with Gasteiger partial charge in [-0.1, -0.05) is 41.1 Å². The van der Waals surface area contributed by atoms with Crippen molar-refractivity contribution >= 4 is 31.0 Å². The molecule has 11 heteroatoms. The molecule has 0 bridgehead atoms. The highest BCUT2D eigenvalue weighted by molar-refractivity contribution is 7.47. The summed E-state index contributed by atoms with van der Waals surface area (Å²) in [4.78, 5) is 27.4. The van der Waals surface area contributed by atoms with E-state index in [1.54, 1.807) is 18.2 Å². The third-order valence-corrected chi connectivity index (χ3v) is 7.09. The highest BCUT2D eigenvalue weighted by atomic mass is 31.2. The van der Waals surface area contributed by atoms with Crippen molar-refractivity contribution in [1.29, 1.82) is 0 Å². The summed E-state index contributed by atoms with van der Waals surface area (Å²) in [7, 11) is -0.670. The number of phosphoric ester groups is 1. The fourth-order valence-electron chi connectivity index (χ4n) is 4.35. The number of carbonyl (C=O) groups is 1. The van der Waals surface area contributed by atoms with Crippen LogP contribution in [0.15, 0.2) is 66.2 Å². The Kier molecular flexibility index (Phi) is 9.07. The van der Waals surface area contributed by atoms with Gasteiger partial charge >= 0.3 is 7.82 Å². The van der Waals surface area contributed by atoms with Crippen LogP contribution in [0.1, 0.15) is 35.6 Å². The van der Waals surface area contributed by atoms with Gasteiger partial charge in [-0.2, -0.15) is 0 Å². The largest absolute Gasteiger partial charge is 0.508 e. The maximum Gasteiger partial charge on any atom is 0.508 e. The van der Waals surface area contributed by atoms with Crippen LogP contribution >= 0.6 is 7.82 Å². The molecule has 0 saturated heterocycles. The number of rotatable bonds is 11. The minimum absolute atomic E-state index is 0.0733. The van der Waals surface area contributed by atoms with Crippen molar-refractivity contribution in [2.75, 3.05) is 21.3 Å². The quantitative estimate of drug-likeness (QED) is 0.166. The number of amides is 1. The van der Waals surface area contributed by atoms with Gasteiger partial charge in [0.1, 0.15) is 5.82 Å². The second-order valence-electron chi connectivity index (χ2n) is 8.85. The van der Waals surface area contributed by atoms with Crippen LogP contribution in [0.5, 0.6) is 17.2 Å². The van der Waals surface area contributed by atoms with Crippen molar-refractivity contribution in [2.45, 2.75) is 19.9 Å². The first-order valence-electron chi connectivity index (χ1n) is 12.2. The predicted molar refractivity (Wildman–Crippen MR) is 148 cm³/mol. The average molecular weight is 570 g/mol. The fraction of sp³-hybridized carbons (Fsp3) is 0.207. The molecule has 3 aromatic carbocycles. The van der Waals surface area contributed by atoms with Crippen LogP contribution < -0.4 is 19.7 Å². The highest BCUT2D eigenvalue weighted by Crippen LogP contribution is 2.48. The molecule has 3 aromatic rings. The lowest BCUT2D eigenvalue weighted by Gasteiger charge is -2.15. The van der Waals surface area contributed by atoms with E-state index in [2.05, 4.69) is 14.5 Å². The Morgan fingerprint density at radius 1 is 1.00 bits per heavy atom. The lowest BCUT2D eigenvalue weighted by atomic mass is 10.00. The average Bonchev–Trinajstić information content (AvgIpc) is 3.20. The van der Waals surface area contributed by atoms with E-state index in [9.17, 15) is 18.6 Å². The molecule has 4 rings (SSSR count). The third kappa shape index (κ3) is 6.60. The summed E-state index contributed by atoms with van der Waals surface area (Å²) in [5, 5.41) is 2.93. The Bertz CT molecular complexity index is 1490. The van der Waals surface area contributed by atoms with Gasteiger partial charge in [0.15, 0.2) is 11.5 Å². The first-order chi connectivity index (χ1) is 19.2. The smallest absolute Gasteiger partial charge is 0.493 e. The minimum atomic E-state index is -4.44. The summed E-state index contributed by atoms with van der Waals surface area (Å²) >= 11 is 0. The molecule has 1 atom stereocenters. The Morgan fingerprint density at radius 2 is 1.68 bits per heavy atom. The predicted octanol–water partition coefficient (Wildman–Crippen LogP) is 5.93. The lowest BCUT2D eigenvalue weighted by Crippen LogP contribution is -2.22. The van der Waals surface area contributed by atoms with Gasteiger partial charge in [-0.05, 0) is 76.2 Å². The van der Waals surface area contributed by atoms with Gasteiger partial charge in [-0.15, -0.1) is 0 Å². The zero-order valence-corrected chi connectivity index (χ0v) is 23.3. The molecular weight excluding hydrogens is 540 g/mol. The number of methoxy groups -OCH3 is 2. The summed E-state index contributed by atoms with van der Waals surface area (Å²) in [5.74, 6) is -0.354. The molecular formula is C29H29FNO8P. The number of carbonyl (C=O) groups excluding carboxylic acids is 1. The molecule has 9 nitrogen and oxygen atoms in total. The topological polar surface area (TPSA) is 113 Å². The standard InChI is InChI=1S/C29H29FNO8P/c1-18-23(12-20-13-26(35-2)29(27(14-20)36-3)38-39-40(33,34)37-4)22-11-10-21(30)15-25(22)24(18)16-28(32)31-17-19-8-6-5-7-9-19/h5-15H,16-17H2,1-4H3,(H,31,32)(H,33,34). The number of hydrogen-bond acceptors (Lipinski definition) is 7. The van der Waals surface area contributed by atoms with Crippen molar-refractivity contribution in [3.05, 3.63) is 94.3 Å². The van der Waals surface area contributed by atoms with Crippen LogP contribution in [0.2, 0.25) is 0 Å². The molecule has 0 aliphatic heterocycles. The number of benzene rings is 3. The van der Waals surface area contributed by atoms with Crippen LogP contribution in [0, 0.1) is 5.82 Å². The van der Waals surface area contributed by atoms with E-state index in [-0.39, 0.29) is 29.6 Å². The van der Waals surface area contributed by atoms with Crippen LogP contribution in [0.3, 0.4) is 0 Å². The van der Waals surface area contributed by atoms with Crippen LogP contribution in [0.25, 0.3) is 17.2 Å². The molecule has 40 heavy (non-hydrogen) atoms. The third-order valence-electron chi connectivity index (χ3n) is 6.36. The SMILES string of the molecule is COc1cc(C=C2C(C)=C(CC(=O)NCc3ccccc3)c3cc(F)ccc32)cc(OC)c1OOP(=O)(O)OC. The Hall–Kier alpha value is -3.95. The summed E-state index contributed by atoms with van der Waals surface area (Å²) in [6.45, 7) is 2.27. The maximum atomic E-state index is 14.3. The highest BCUT2D eigenvalue weighted by Gasteiger charge is 2.27. The molecule has 210 valence electrons. The Morgan fingerprint density at radius 3 is 2.30 bits per heavy atom. The molecule has 0 heterocycles. The molecule has 1 unspecified atom stereocenters. The number of nitrogens with one attached hydrogen (secondary N) is 1. The van der Waals surface area contributed by atoms with Crippen molar-refractivity contribution in [3.63, 3.8) is 0 Å². The summed E-state index contributed by atoms with van der Waals surface area (Å²) < 4.78 is 45.7. The molecule has 0 spiro atoms. The number of fused-ring (bicyclic) bond motifs is 1. The minimum Gasteiger partial charge on any atom is -0.493 e. The van der Waals surface area contributed by atoms with Crippen LogP contribution in [0.4, 0.5) is 4.39 Å². The molecule has 1 aliphatic rings. The lowest BCUT2D eigenvalue weighted by molar-refractivity contribution is -0.127. The molecule has 0 radical (unpaired) electrons. The van der Waals surface area contributed by atoms with Gasteiger partial charge in [-0.3, -0.25) is 9.32 Å². The number of hydrogen-bond donors (Lipinski definition) is 2. The molecule has 0 aromatic heterocycles. The number of allylic oxidation sites excluding steroid dienone is 2. The Labute approximate surface area is 231 Å². The van der Waals surface area contributed by atoms with Gasteiger partial charge in [0, 0.05) is 13.7 Å². The van der Waals surface area contributed by atoms with Crippen molar-refractivity contribution in [3.8, 4) is 17.2 Å². The second kappa shape index (κ2) is 12.5. The number of ether oxygens (including phenoxy) is 2. The number of halogens is 1. The summed E-state index contributed by atoms with van der Waals surface area (Å²) in [5.41, 5.74) is 5.34. The normalized spacial score (nSPS) is 15.0. The first kappa shape index (κ1) is 29.0. The van der Waals surface area contributed by atoms with E-state index >= 15 is 0 Å². The van der Waals surface area contributed by atoms with E-state index in [1.165, 1.54) is 26.4 Å². The zero-order valence-electron chi connectivity index (χ0n) is 22.4. The monoisotopic (exact) mass is 569 g/mol. The number of phosphoric acid groups is 1. The van der Waals surface area contributed by atoms with E-state index in [1.807, 2.05) is 43.3 Å². The van der Waals surface area contributed by atoms with Gasteiger partial charge in [-0.25, -0.2) is 8.96 Å². The summed E-state index contributed by atoms with van der Waals surface area (Å²) in [6, 6.07) is 17.3. The van der Waals surface area contributed by atoms with Crippen molar-refractivity contribution < 1.29 is 42.2 Å². The van der Waals surface area contributed by atoms with Gasteiger partial charge in [0.2, 0.25) is 11.7 Å². The van der Waals surface area contributed by atoms with Gasteiger partial charge in [0.25, 0.3) is 0 Å².